The topological polar surface area (TPSA) is 60.4 Å². The van der Waals surface area contributed by atoms with E-state index in [1.54, 1.807) is 6.07 Å². The summed E-state index contributed by atoms with van der Waals surface area (Å²) >= 11 is 0. The molecule has 1 saturated heterocycles. The van der Waals surface area contributed by atoms with Crippen LogP contribution in [0.25, 0.3) is 11.0 Å². The van der Waals surface area contributed by atoms with Crippen molar-refractivity contribution in [3.8, 4) is 0 Å². The Balaban J connectivity index is 1.99. The molecule has 0 spiro atoms. The standard InChI is InChI=1S/C14H17FN2O2/c1-8-5-6-18-13(8)12(17-16)11-7-9-3-2-4-10(15)14(9)19-11/h2-4,7-8,12-13,17H,5-6,16H2,1H3. The molecule has 0 radical (unpaired) electrons. The molecule has 1 aliphatic heterocycles. The number of benzene rings is 1. The van der Waals surface area contributed by atoms with E-state index in [1.165, 1.54) is 6.07 Å². The third-order valence-corrected chi connectivity index (χ3v) is 3.77. The summed E-state index contributed by atoms with van der Waals surface area (Å²) in [4.78, 5) is 0. The number of hydrogen-bond acceptors (Lipinski definition) is 4. The maximum Gasteiger partial charge on any atom is 0.169 e. The van der Waals surface area contributed by atoms with Crippen LogP contribution in [0.5, 0.6) is 0 Å². The lowest BCUT2D eigenvalue weighted by molar-refractivity contribution is 0.0543. The minimum absolute atomic E-state index is 0.0476. The fourth-order valence-electron chi connectivity index (χ4n) is 2.68. The maximum atomic E-state index is 13.6. The van der Waals surface area contributed by atoms with Crippen LogP contribution in [-0.4, -0.2) is 12.7 Å². The zero-order valence-corrected chi connectivity index (χ0v) is 10.7. The van der Waals surface area contributed by atoms with E-state index in [0.717, 1.165) is 18.4 Å². The van der Waals surface area contributed by atoms with E-state index in [0.29, 0.717) is 11.7 Å². The SMILES string of the molecule is CC1CCOC1C(NN)c1cc2cccc(F)c2o1. The van der Waals surface area contributed by atoms with Crippen molar-refractivity contribution in [1.29, 1.82) is 0 Å². The second-order valence-corrected chi connectivity index (χ2v) is 5.05. The summed E-state index contributed by atoms with van der Waals surface area (Å²) in [6, 6.07) is 6.42. The largest absolute Gasteiger partial charge is 0.456 e. The highest BCUT2D eigenvalue weighted by Gasteiger charge is 2.34. The number of halogens is 1. The van der Waals surface area contributed by atoms with Crippen LogP contribution in [0.15, 0.2) is 28.7 Å². The van der Waals surface area contributed by atoms with Gasteiger partial charge in [-0.15, -0.1) is 0 Å². The Morgan fingerprint density at radius 3 is 2.95 bits per heavy atom. The van der Waals surface area contributed by atoms with Gasteiger partial charge < -0.3 is 9.15 Å². The average Bonchev–Trinajstić information content (AvgIpc) is 2.99. The first-order chi connectivity index (χ1) is 9.20. The van der Waals surface area contributed by atoms with Crippen molar-refractivity contribution in [2.45, 2.75) is 25.5 Å². The van der Waals surface area contributed by atoms with Crippen molar-refractivity contribution in [3.63, 3.8) is 0 Å². The number of fused-ring (bicyclic) bond motifs is 1. The van der Waals surface area contributed by atoms with Crippen LogP contribution < -0.4 is 11.3 Å². The Morgan fingerprint density at radius 2 is 2.32 bits per heavy atom. The van der Waals surface area contributed by atoms with Crippen LogP contribution in [0, 0.1) is 11.7 Å². The zero-order chi connectivity index (χ0) is 13.4. The van der Waals surface area contributed by atoms with Gasteiger partial charge >= 0.3 is 0 Å². The van der Waals surface area contributed by atoms with Crippen molar-refractivity contribution < 1.29 is 13.5 Å². The van der Waals surface area contributed by atoms with Gasteiger partial charge in [0.25, 0.3) is 0 Å². The van der Waals surface area contributed by atoms with E-state index in [1.807, 2.05) is 12.1 Å². The summed E-state index contributed by atoms with van der Waals surface area (Å²) in [5, 5.41) is 0.737. The summed E-state index contributed by atoms with van der Waals surface area (Å²) in [5.41, 5.74) is 3.00. The lowest BCUT2D eigenvalue weighted by Gasteiger charge is -2.23. The third kappa shape index (κ3) is 2.14. The highest BCUT2D eigenvalue weighted by Crippen LogP contribution is 2.34. The summed E-state index contributed by atoms with van der Waals surface area (Å²) in [5.74, 6) is 6.26. The molecular weight excluding hydrogens is 247 g/mol. The first-order valence-electron chi connectivity index (χ1n) is 6.46. The summed E-state index contributed by atoms with van der Waals surface area (Å²) in [7, 11) is 0. The molecule has 1 fully saturated rings. The third-order valence-electron chi connectivity index (χ3n) is 3.77. The molecule has 0 bridgehead atoms. The van der Waals surface area contributed by atoms with E-state index < -0.39 is 0 Å². The molecule has 19 heavy (non-hydrogen) atoms. The van der Waals surface area contributed by atoms with Crippen LogP contribution >= 0.6 is 0 Å². The summed E-state index contributed by atoms with van der Waals surface area (Å²) < 4.78 is 25.0. The number of hydrogen-bond donors (Lipinski definition) is 2. The second-order valence-electron chi connectivity index (χ2n) is 5.05. The van der Waals surface area contributed by atoms with E-state index in [4.69, 9.17) is 15.0 Å². The quantitative estimate of drug-likeness (QED) is 0.660. The van der Waals surface area contributed by atoms with Crippen molar-refractivity contribution in [1.82, 2.24) is 5.43 Å². The minimum atomic E-state index is -0.361. The Labute approximate surface area is 110 Å². The summed E-state index contributed by atoms with van der Waals surface area (Å²) in [6.07, 6.45) is 0.950. The number of para-hydroxylation sites is 1. The smallest absolute Gasteiger partial charge is 0.169 e. The molecule has 1 aromatic carbocycles. The molecule has 3 atom stereocenters. The number of hydrazine groups is 1. The minimum Gasteiger partial charge on any atom is -0.456 e. The van der Waals surface area contributed by atoms with E-state index in [-0.39, 0.29) is 23.5 Å². The van der Waals surface area contributed by atoms with Gasteiger partial charge in [0.05, 0.1) is 6.10 Å². The highest BCUT2D eigenvalue weighted by molar-refractivity contribution is 5.78. The lowest BCUT2D eigenvalue weighted by Crippen LogP contribution is -2.38. The van der Waals surface area contributed by atoms with Gasteiger partial charge in [0, 0.05) is 12.0 Å². The predicted molar refractivity (Wildman–Crippen MR) is 69.8 cm³/mol. The van der Waals surface area contributed by atoms with E-state index >= 15 is 0 Å². The first kappa shape index (κ1) is 12.6. The van der Waals surface area contributed by atoms with Crippen LogP contribution in [0.4, 0.5) is 4.39 Å². The summed E-state index contributed by atoms with van der Waals surface area (Å²) in [6.45, 7) is 2.84. The molecule has 102 valence electrons. The Morgan fingerprint density at radius 1 is 1.47 bits per heavy atom. The maximum absolute atomic E-state index is 13.6. The van der Waals surface area contributed by atoms with Gasteiger partial charge in [-0.2, -0.15) is 0 Å². The molecule has 5 heteroatoms. The van der Waals surface area contributed by atoms with Crippen molar-refractivity contribution in [2.75, 3.05) is 6.61 Å². The molecule has 3 N–H and O–H groups in total. The predicted octanol–water partition coefficient (Wildman–Crippen LogP) is 2.50. The lowest BCUT2D eigenvalue weighted by atomic mass is 9.96. The molecule has 1 aliphatic rings. The monoisotopic (exact) mass is 264 g/mol. The Hall–Kier alpha value is -1.43. The molecular formula is C14H17FN2O2. The van der Waals surface area contributed by atoms with Crippen molar-refractivity contribution in [3.05, 3.63) is 35.8 Å². The fourth-order valence-corrected chi connectivity index (χ4v) is 2.68. The molecule has 0 saturated carbocycles. The molecule has 2 heterocycles. The van der Waals surface area contributed by atoms with Crippen LogP contribution in [0.1, 0.15) is 25.1 Å². The molecule has 4 nitrogen and oxygen atoms in total. The van der Waals surface area contributed by atoms with Crippen molar-refractivity contribution in [2.24, 2.45) is 11.8 Å². The van der Waals surface area contributed by atoms with Gasteiger partial charge in [0.15, 0.2) is 11.4 Å². The molecule has 1 aromatic heterocycles. The number of rotatable bonds is 3. The normalized spacial score (nSPS) is 25.0. The van der Waals surface area contributed by atoms with Gasteiger partial charge in [0.2, 0.25) is 0 Å². The average molecular weight is 264 g/mol. The highest BCUT2D eigenvalue weighted by atomic mass is 19.1. The molecule has 3 unspecified atom stereocenters. The second kappa shape index (κ2) is 4.92. The zero-order valence-electron chi connectivity index (χ0n) is 10.7. The van der Waals surface area contributed by atoms with E-state index in [2.05, 4.69) is 12.3 Å². The van der Waals surface area contributed by atoms with Gasteiger partial charge in [-0.05, 0) is 24.5 Å². The number of nitrogens with two attached hydrogens (primary N) is 1. The van der Waals surface area contributed by atoms with Crippen LogP contribution in [0.3, 0.4) is 0 Å². The molecule has 0 amide bonds. The van der Waals surface area contributed by atoms with Crippen LogP contribution in [0.2, 0.25) is 0 Å². The molecule has 2 aromatic rings. The van der Waals surface area contributed by atoms with Crippen LogP contribution in [-0.2, 0) is 4.74 Å². The fraction of sp³-hybridized carbons (Fsp3) is 0.429. The Bertz CT molecular complexity index is 584. The molecule has 3 rings (SSSR count). The van der Waals surface area contributed by atoms with Gasteiger partial charge in [0.1, 0.15) is 11.8 Å². The van der Waals surface area contributed by atoms with Gasteiger partial charge in [-0.25, -0.2) is 9.82 Å². The first-order valence-corrected chi connectivity index (χ1v) is 6.46. The number of furan rings is 1. The van der Waals surface area contributed by atoms with Gasteiger partial charge in [-0.3, -0.25) is 5.84 Å². The number of nitrogens with one attached hydrogen (secondary N) is 1. The Kier molecular flexibility index (Phi) is 3.26. The number of ether oxygens (including phenoxy) is 1. The van der Waals surface area contributed by atoms with E-state index in [9.17, 15) is 4.39 Å². The molecule has 0 aliphatic carbocycles. The van der Waals surface area contributed by atoms with Crippen molar-refractivity contribution >= 4 is 11.0 Å². The van der Waals surface area contributed by atoms with Gasteiger partial charge in [-0.1, -0.05) is 19.1 Å².